The average molecular weight is 581 g/mol. The number of ketones is 1. The fraction of sp³-hybridized carbons (Fsp3) is 0.312. The lowest BCUT2D eigenvalue weighted by atomic mass is 9.93. The first-order valence-corrected chi connectivity index (χ1v) is 14.1. The summed E-state index contributed by atoms with van der Waals surface area (Å²) in [6, 6.07) is 14.7. The normalized spacial score (nSPS) is 13.9. The number of carbonyl (C=O) groups is 2. The molecule has 1 saturated heterocycles. The second-order valence-corrected chi connectivity index (χ2v) is 11.5. The van der Waals surface area contributed by atoms with Gasteiger partial charge in [0.25, 0.3) is 5.91 Å². The second kappa shape index (κ2) is 11.5. The van der Waals surface area contributed by atoms with Crippen LogP contribution < -0.4 is 0 Å². The summed E-state index contributed by atoms with van der Waals surface area (Å²) in [5, 5.41) is 14.3. The number of carbonyl (C=O) groups excluding carboxylic acids is 2. The molecule has 0 aliphatic carbocycles. The number of H-pyrrole nitrogens is 1. The molecule has 0 radical (unpaired) electrons. The van der Waals surface area contributed by atoms with Crippen LogP contribution in [-0.4, -0.2) is 73.1 Å². The number of hydrogen-bond donors (Lipinski definition) is 2. The second-order valence-electron chi connectivity index (χ2n) is 11.5. The van der Waals surface area contributed by atoms with E-state index in [1.54, 1.807) is 23.2 Å². The molecule has 1 aliphatic heterocycles. The zero-order valence-corrected chi connectivity index (χ0v) is 24.3. The number of amides is 1. The van der Waals surface area contributed by atoms with Gasteiger partial charge in [0.1, 0.15) is 5.82 Å². The van der Waals surface area contributed by atoms with Gasteiger partial charge >= 0.3 is 0 Å². The molecule has 1 amide bonds. The number of imidazole rings is 1. The molecule has 0 unspecified atom stereocenters. The molecule has 0 spiro atoms. The maximum Gasteiger partial charge on any atom is 0.254 e. The Kier molecular flexibility index (Phi) is 7.59. The number of nitrogens with one attached hydrogen (secondary N) is 1. The molecule has 2 aromatic carbocycles. The van der Waals surface area contributed by atoms with Crippen LogP contribution in [0.5, 0.6) is 0 Å². The van der Waals surface area contributed by atoms with Gasteiger partial charge in [-0.1, -0.05) is 56.3 Å². The molecule has 1 fully saturated rings. The number of aromatic amines is 1. The Morgan fingerprint density at radius 2 is 1.77 bits per heavy atom. The van der Waals surface area contributed by atoms with E-state index in [1.165, 1.54) is 0 Å². The van der Waals surface area contributed by atoms with Crippen LogP contribution in [0.3, 0.4) is 0 Å². The van der Waals surface area contributed by atoms with Crippen LogP contribution >= 0.6 is 0 Å². The molecule has 11 nitrogen and oxygen atoms in total. The van der Waals surface area contributed by atoms with Gasteiger partial charge in [-0.25, -0.2) is 9.97 Å². The van der Waals surface area contributed by atoms with Crippen LogP contribution in [-0.2, 0) is 23.2 Å². The van der Waals surface area contributed by atoms with Crippen molar-refractivity contribution in [3.63, 3.8) is 0 Å². The molecule has 6 rings (SSSR count). The summed E-state index contributed by atoms with van der Waals surface area (Å²) in [4.78, 5) is 44.5. The molecule has 43 heavy (non-hydrogen) atoms. The summed E-state index contributed by atoms with van der Waals surface area (Å²) < 4.78 is 10.6. The molecule has 0 bridgehead atoms. The van der Waals surface area contributed by atoms with Crippen molar-refractivity contribution >= 4 is 22.9 Å². The Labute approximate surface area is 247 Å². The number of ether oxygens (including phenoxy) is 1. The Morgan fingerprint density at radius 1 is 1.00 bits per heavy atom. The lowest BCUT2D eigenvalue weighted by Crippen LogP contribution is -2.40. The Balaban J connectivity index is 1.29. The molecule has 1 aliphatic rings. The minimum Gasteiger partial charge on any atom is -0.392 e. The smallest absolute Gasteiger partial charge is 0.254 e. The summed E-state index contributed by atoms with van der Waals surface area (Å²) in [6.07, 6.45) is 1.67. The number of nitrogens with zero attached hydrogens (tertiary/aromatic N) is 5. The highest BCUT2D eigenvalue weighted by Crippen LogP contribution is 2.33. The molecule has 11 heteroatoms. The molecule has 5 aromatic rings. The van der Waals surface area contributed by atoms with E-state index in [2.05, 4.69) is 20.1 Å². The van der Waals surface area contributed by atoms with Gasteiger partial charge in [0.15, 0.2) is 5.65 Å². The van der Waals surface area contributed by atoms with Gasteiger partial charge in [0, 0.05) is 47.8 Å². The average Bonchev–Trinajstić information content (AvgIpc) is 3.70. The van der Waals surface area contributed by atoms with Gasteiger partial charge in [-0.2, -0.15) is 4.98 Å². The third-order valence-electron chi connectivity index (χ3n) is 7.49. The number of morpholine rings is 1. The first-order chi connectivity index (χ1) is 20.7. The lowest BCUT2D eigenvalue weighted by Gasteiger charge is -2.26. The molecule has 4 heterocycles. The predicted molar refractivity (Wildman–Crippen MR) is 158 cm³/mol. The van der Waals surface area contributed by atoms with Gasteiger partial charge in [-0.3, -0.25) is 9.59 Å². The molecule has 0 saturated carbocycles. The number of aliphatic hydroxyl groups is 1. The number of pyridine rings is 1. The van der Waals surface area contributed by atoms with E-state index in [0.717, 1.165) is 16.7 Å². The van der Waals surface area contributed by atoms with Crippen LogP contribution in [0.15, 0.2) is 59.3 Å². The van der Waals surface area contributed by atoms with E-state index >= 15 is 0 Å². The molecule has 220 valence electrons. The maximum absolute atomic E-state index is 13.1. The van der Waals surface area contributed by atoms with E-state index in [9.17, 15) is 14.7 Å². The largest absolute Gasteiger partial charge is 0.392 e. The van der Waals surface area contributed by atoms with Crippen LogP contribution in [0.2, 0.25) is 0 Å². The molecular formula is C32H32N6O5. The predicted octanol–water partition coefficient (Wildman–Crippen LogP) is 4.36. The minimum absolute atomic E-state index is 0.00479. The third kappa shape index (κ3) is 5.69. The maximum atomic E-state index is 13.1. The van der Waals surface area contributed by atoms with Crippen LogP contribution in [0.1, 0.15) is 58.8 Å². The van der Waals surface area contributed by atoms with Crippen LogP contribution in [0.4, 0.5) is 0 Å². The number of benzene rings is 2. The van der Waals surface area contributed by atoms with Crippen molar-refractivity contribution in [2.45, 2.75) is 39.2 Å². The zero-order valence-electron chi connectivity index (χ0n) is 24.3. The quantitative estimate of drug-likeness (QED) is 0.268. The summed E-state index contributed by atoms with van der Waals surface area (Å²) in [5.74, 6) is 0.683. The standard InChI is InChI=1S/C32H32N6O5/c1-32(2,3)31-36-28(37-43-31)25(40)17-21-5-4-6-22(24(21)18-39)23-11-12-33-29-26(23)34-27(35-29)19-7-9-20(10-8-19)30(41)38-13-15-42-16-14-38/h4-12,39H,13-18H2,1-3H3,(H,33,34,35). The number of fused-ring (bicyclic) bond motifs is 1. The Morgan fingerprint density at radius 3 is 2.47 bits per heavy atom. The van der Waals surface area contributed by atoms with Gasteiger partial charge in [-0.05, 0) is 34.9 Å². The monoisotopic (exact) mass is 580 g/mol. The van der Waals surface area contributed by atoms with E-state index in [1.807, 2.05) is 57.2 Å². The van der Waals surface area contributed by atoms with Crippen LogP contribution in [0.25, 0.3) is 33.7 Å². The SMILES string of the molecule is CC(C)(C)c1nc(C(=O)Cc2cccc(-c3ccnc4nc(-c5ccc(C(=O)N6CCOCC6)cc5)[nH]c34)c2CO)no1. The van der Waals surface area contributed by atoms with E-state index in [0.29, 0.717) is 65.9 Å². The van der Waals surface area contributed by atoms with Crippen molar-refractivity contribution in [2.24, 2.45) is 0 Å². The van der Waals surface area contributed by atoms with Crippen molar-refractivity contribution in [1.82, 2.24) is 30.0 Å². The molecule has 2 N–H and O–H groups in total. The van der Waals surface area contributed by atoms with Crippen molar-refractivity contribution in [3.05, 3.63) is 83.1 Å². The van der Waals surface area contributed by atoms with E-state index in [4.69, 9.17) is 14.2 Å². The van der Waals surface area contributed by atoms with Crippen LogP contribution in [0, 0.1) is 0 Å². The number of rotatable bonds is 7. The summed E-state index contributed by atoms with van der Waals surface area (Å²) in [5.41, 5.74) is 5.06. The van der Waals surface area contributed by atoms with Gasteiger partial charge in [0.2, 0.25) is 17.5 Å². The molecule has 0 atom stereocenters. The van der Waals surface area contributed by atoms with Crippen molar-refractivity contribution in [1.29, 1.82) is 0 Å². The highest BCUT2D eigenvalue weighted by atomic mass is 16.5. The van der Waals surface area contributed by atoms with Gasteiger partial charge < -0.3 is 24.3 Å². The van der Waals surface area contributed by atoms with Crippen molar-refractivity contribution in [3.8, 4) is 22.5 Å². The van der Waals surface area contributed by atoms with Gasteiger partial charge in [-0.15, -0.1) is 0 Å². The number of aliphatic hydroxyl groups excluding tert-OH is 1. The zero-order chi connectivity index (χ0) is 30.1. The first kappa shape index (κ1) is 28.4. The Hall–Kier alpha value is -4.74. The molecular weight excluding hydrogens is 548 g/mol. The van der Waals surface area contributed by atoms with Crippen molar-refractivity contribution in [2.75, 3.05) is 26.3 Å². The number of aromatic nitrogens is 5. The van der Waals surface area contributed by atoms with E-state index < -0.39 is 0 Å². The number of hydrogen-bond acceptors (Lipinski definition) is 9. The van der Waals surface area contributed by atoms with Gasteiger partial charge in [0.05, 0.1) is 25.3 Å². The summed E-state index contributed by atoms with van der Waals surface area (Å²) >= 11 is 0. The third-order valence-corrected chi connectivity index (χ3v) is 7.49. The highest BCUT2D eigenvalue weighted by molar-refractivity contribution is 5.97. The first-order valence-electron chi connectivity index (χ1n) is 14.1. The summed E-state index contributed by atoms with van der Waals surface area (Å²) in [7, 11) is 0. The fourth-order valence-corrected chi connectivity index (χ4v) is 5.12. The highest BCUT2D eigenvalue weighted by Gasteiger charge is 2.25. The number of Topliss-reactive ketones (excluding diaryl/α,β-unsaturated/α-hetero) is 1. The lowest BCUT2D eigenvalue weighted by molar-refractivity contribution is 0.0303. The van der Waals surface area contributed by atoms with E-state index in [-0.39, 0.29) is 36.0 Å². The minimum atomic E-state index is -0.375. The molecule has 3 aromatic heterocycles. The summed E-state index contributed by atoms with van der Waals surface area (Å²) in [6.45, 7) is 7.78. The van der Waals surface area contributed by atoms with Crippen molar-refractivity contribution < 1.29 is 24.0 Å². The fourth-order valence-electron chi connectivity index (χ4n) is 5.12. The Bertz CT molecular complexity index is 1800. The topological polar surface area (TPSA) is 147 Å².